The lowest BCUT2D eigenvalue weighted by Crippen LogP contribution is -3.00. The predicted octanol–water partition coefficient (Wildman–Crippen LogP) is -1.51. The van der Waals surface area contributed by atoms with Gasteiger partial charge in [-0.05, 0) is 32.9 Å². The Balaban J connectivity index is 0.00000612. The number of carbonyl (C=O) groups excluding carboxylic acids is 3. The van der Waals surface area contributed by atoms with Gasteiger partial charge in [0.15, 0.2) is 6.54 Å². The van der Waals surface area contributed by atoms with E-state index in [1.807, 2.05) is 0 Å². The smallest absolute Gasteiger partial charge is 0.279 e. The van der Waals surface area contributed by atoms with E-state index in [2.05, 4.69) is 36.7 Å². The van der Waals surface area contributed by atoms with E-state index in [4.69, 9.17) is 11.1 Å². The van der Waals surface area contributed by atoms with Gasteiger partial charge in [0.25, 0.3) is 17.7 Å². The van der Waals surface area contributed by atoms with Gasteiger partial charge in [-0.2, -0.15) is 0 Å². The molecule has 0 unspecified atom stereocenters. The van der Waals surface area contributed by atoms with Crippen LogP contribution in [-0.4, -0.2) is 69.9 Å². The number of amidine groups is 1. The van der Waals surface area contributed by atoms with Gasteiger partial charge in [0, 0.05) is 39.5 Å². The van der Waals surface area contributed by atoms with E-state index in [-0.39, 0.29) is 48.9 Å². The molecule has 0 aliphatic heterocycles. The SMILES string of the molecule is CC[N+](CC)(CC)CC(=O)Nc1cc(C(=O)Nc2cc(C(=O)NCCC(=N)N)n(C)c2)n(C)c1.[Cl-]. The van der Waals surface area contributed by atoms with Crippen molar-refractivity contribution in [2.45, 2.75) is 27.2 Å². The number of halogens is 1. The number of quaternary nitrogens is 1. The molecule has 3 amide bonds. The van der Waals surface area contributed by atoms with Gasteiger partial charge >= 0.3 is 0 Å². The fourth-order valence-electron chi connectivity index (χ4n) is 3.83. The molecule has 2 aromatic heterocycles. The first-order valence-corrected chi connectivity index (χ1v) is 11.4. The topological polar surface area (TPSA) is 147 Å². The summed E-state index contributed by atoms with van der Waals surface area (Å²) in [5, 5.41) is 15.6. The summed E-state index contributed by atoms with van der Waals surface area (Å²) in [6.07, 6.45) is 3.60. The maximum Gasteiger partial charge on any atom is 0.279 e. The van der Waals surface area contributed by atoms with Crippen molar-refractivity contribution < 1.29 is 31.3 Å². The van der Waals surface area contributed by atoms with Crippen LogP contribution in [-0.2, 0) is 18.9 Å². The van der Waals surface area contributed by atoms with Gasteiger partial charge in [-0.25, -0.2) is 0 Å². The van der Waals surface area contributed by atoms with Crippen LogP contribution in [0, 0.1) is 5.41 Å². The van der Waals surface area contributed by atoms with Crippen molar-refractivity contribution in [1.29, 1.82) is 5.41 Å². The van der Waals surface area contributed by atoms with E-state index in [1.165, 1.54) is 0 Å². The zero-order valence-electron chi connectivity index (χ0n) is 21.1. The highest BCUT2D eigenvalue weighted by molar-refractivity contribution is 6.05. The van der Waals surface area contributed by atoms with Crippen LogP contribution in [0.1, 0.15) is 48.2 Å². The summed E-state index contributed by atoms with van der Waals surface area (Å²) in [7, 11) is 3.43. The van der Waals surface area contributed by atoms with Crippen molar-refractivity contribution in [3.63, 3.8) is 0 Å². The molecular formula is C23H37ClN8O3. The molecule has 0 aromatic carbocycles. The summed E-state index contributed by atoms with van der Waals surface area (Å²) in [4.78, 5) is 37.8. The first kappa shape index (κ1) is 29.7. The number of aromatic nitrogens is 2. The Morgan fingerprint density at radius 2 is 1.40 bits per heavy atom. The van der Waals surface area contributed by atoms with Crippen LogP contribution in [0.4, 0.5) is 11.4 Å². The molecule has 35 heavy (non-hydrogen) atoms. The Kier molecular flexibility index (Phi) is 11.0. The van der Waals surface area contributed by atoms with Crippen LogP contribution in [0.2, 0.25) is 0 Å². The highest BCUT2D eigenvalue weighted by Crippen LogP contribution is 2.18. The number of hydrogen-bond acceptors (Lipinski definition) is 4. The average molecular weight is 509 g/mol. The number of aryl methyl sites for hydroxylation is 2. The highest BCUT2D eigenvalue weighted by Gasteiger charge is 2.25. The first-order valence-electron chi connectivity index (χ1n) is 11.4. The quantitative estimate of drug-likeness (QED) is 0.135. The number of nitrogens with two attached hydrogens (primary N) is 1. The number of anilines is 2. The molecule has 194 valence electrons. The van der Waals surface area contributed by atoms with Gasteiger partial charge in [-0.1, -0.05) is 0 Å². The van der Waals surface area contributed by atoms with Crippen molar-refractivity contribution in [3.05, 3.63) is 35.9 Å². The van der Waals surface area contributed by atoms with Crippen molar-refractivity contribution in [3.8, 4) is 0 Å². The van der Waals surface area contributed by atoms with E-state index < -0.39 is 0 Å². The monoisotopic (exact) mass is 508 g/mol. The molecule has 2 aromatic rings. The van der Waals surface area contributed by atoms with Crippen molar-refractivity contribution in [2.75, 3.05) is 43.4 Å². The third-order valence-corrected chi connectivity index (χ3v) is 6.19. The number of carbonyl (C=O) groups is 3. The molecule has 12 heteroatoms. The van der Waals surface area contributed by atoms with Crippen LogP contribution in [0.25, 0.3) is 0 Å². The maximum absolute atomic E-state index is 12.8. The van der Waals surface area contributed by atoms with E-state index in [0.29, 0.717) is 33.8 Å². The van der Waals surface area contributed by atoms with E-state index in [0.717, 1.165) is 19.6 Å². The summed E-state index contributed by atoms with van der Waals surface area (Å²) in [6.45, 7) is 9.49. The molecule has 0 bridgehead atoms. The summed E-state index contributed by atoms with van der Waals surface area (Å²) in [5.74, 6) is -0.781. The van der Waals surface area contributed by atoms with Crippen LogP contribution < -0.4 is 34.1 Å². The number of hydrogen-bond donors (Lipinski definition) is 5. The van der Waals surface area contributed by atoms with Crippen molar-refractivity contribution >= 4 is 34.9 Å². The Hall–Kier alpha value is -3.31. The van der Waals surface area contributed by atoms with Crippen LogP contribution in [0.15, 0.2) is 24.5 Å². The minimum Gasteiger partial charge on any atom is -1.00 e. The second-order valence-corrected chi connectivity index (χ2v) is 8.43. The van der Waals surface area contributed by atoms with Gasteiger partial charge in [-0.3, -0.25) is 19.8 Å². The molecule has 2 rings (SSSR count). The summed E-state index contributed by atoms with van der Waals surface area (Å²) < 4.78 is 3.95. The van der Waals surface area contributed by atoms with Crippen LogP contribution in [0.3, 0.4) is 0 Å². The molecule has 0 aliphatic carbocycles. The van der Waals surface area contributed by atoms with Gasteiger partial charge in [-0.15, -0.1) is 0 Å². The molecule has 11 nitrogen and oxygen atoms in total. The fraction of sp³-hybridized carbons (Fsp3) is 0.478. The molecule has 0 fully saturated rings. The predicted molar refractivity (Wildman–Crippen MR) is 133 cm³/mol. The normalized spacial score (nSPS) is 10.9. The lowest BCUT2D eigenvalue weighted by Gasteiger charge is -2.34. The summed E-state index contributed by atoms with van der Waals surface area (Å²) in [5.41, 5.74) is 7.05. The Morgan fingerprint density at radius 1 is 0.914 bits per heavy atom. The molecule has 6 N–H and O–H groups in total. The third-order valence-electron chi connectivity index (χ3n) is 6.19. The summed E-state index contributed by atoms with van der Waals surface area (Å²) >= 11 is 0. The Bertz CT molecular complexity index is 1050. The number of amides is 3. The molecule has 2 heterocycles. The van der Waals surface area contributed by atoms with Crippen LogP contribution in [0.5, 0.6) is 0 Å². The average Bonchev–Trinajstić information content (AvgIpc) is 3.33. The lowest BCUT2D eigenvalue weighted by atomic mass is 10.3. The molecule has 0 aliphatic rings. The zero-order chi connectivity index (χ0) is 25.5. The molecule has 0 saturated carbocycles. The van der Waals surface area contributed by atoms with Crippen molar-refractivity contribution in [1.82, 2.24) is 14.5 Å². The number of nitrogens with zero attached hydrogens (tertiary/aromatic N) is 3. The Labute approximate surface area is 212 Å². The van der Waals surface area contributed by atoms with Gasteiger partial charge in [0.1, 0.15) is 11.4 Å². The standard InChI is InChI=1S/C23H36N8O3.ClH/c1-6-31(7-2,8-3)15-21(32)27-16-11-19(30(5)13-16)23(34)28-17-12-18(29(4)14-17)22(33)26-10-9-20(24)25;/h11-14H,6-10,15H2,1-5H3,(H5-,24,25,26,27,28,32,33,34);1H. The third kappa shape index (κ3) is 7.86. The van der Waals surface area contributed by atoms with Gasteiger partial charge < -0.3 is 47.7 Å². The van der Waals surface area contributed by atoms with Gasteiger partial charge in [0.05, 0.1) is 36.8 Å². The van der Waals surface area contributed by atoms with E-state index in [1.54, 1.807) is 47.8 Å². The zero-order valence-corrected chi connectivity index (χ0v) is 21.8. The molecule has 0 saturated heterocycles. The lowest BCUT2D eigenvalue weighted by molar-refractivity contribution is -0.915. The van der Waals surface area contributed by atoms with Gasteiger partial charge in [0.2, 0.25) is 0 Å². The summed E-state index contributed by atoms with van der Waals surface area (Å²) in [6, 6.07) is 3.20. The number of likely N-dealkylation sites (N-methyl/N-ethyl adjacent to an activating group) is 1. The molecule has 0 radical (unpaired) electrons. The molecular weight excluding hydrogens is 472 g/mol. The minimum atomic E-state index is -0.363. The fourth-order valence-corrected chi connectivity index (χ4v) is 3.83. The first-order chi connectivity index (χ1) is 16.0. The van der Waals surface area contributed by atoms with E-state index in [9.17, 15) is 14.4 Å². The van der Waals surface area contributed by atoms with Crippen LogP contribution >= 0.6 is 0 Å². The second-order valence-electron chi connectivity index (χ2n) is 8.43. The molecule has 0 spiro atoms. The minimum absolute atomic E-state index is 0. The van der Waals surface area contributed by atoms with E-state index >= 15 is 0 Å². The maximum atomic E-state index is 12.8. The number of nitrogens with one attached hydrogen (secondary N) is 4. The second kappa shape index (κ2) is 13.0. The largest absolute Gasteiger partial charge is 1.00 e. The van der Waals surface area contributed by atoms with Crippen molar-refractivity contribution in [2.24, 2.45) is 19.8 Å². The number of rotatable bonds is 12. The highest BCUT2D eigenvalue weighted by atomic mass is 35.5. The molecule has 0 atom stereocenters. The Morgan fingerprint density at radius 3 is 1.89 bits per heavy atom.